The summed E-state index contributed by atoms with van der Waals surface area (Å²) >= 11 is 0. The van der Waals surface area contributed by atoms with E-state index in [1.807, 2.05) is 6.07 Å². The zero-order valence-corrected chi connectivity index (χ0v) is 10.8. The molecule has 0 bridgehead atoms. The van der Waals surface area contributed by atoms with E-state index >= 15 is 0 Å². The molecule has 0 spiro atoms. The average molecular weight is 247 g/mol. The van der Waals surface area contributed by atoms with E-state index in [1.54, 1.807) is 32.0 Å². The maximum absolute atomic E-state index is 11.7. The summed E-state index contributed by atoms with van der Waals surface area (Å²) in [6.07, 6.45) is 0. The number of nitrogens with one attached hydrogen (secondary N) is 2. The number of ether oxygens (including phenoxy) is 1. The van der Waals surface area contributed by atoms with Crippen LogP contribution in [0, 0.1) is 16.7 Å². The average Bonchev–Trinajstić information content (AvgIpc) is 2.37. The highest BCUT2D eigenvalue weighted by Gasteiger charge is 2.17. The maximum Gasteiger partial charge on any atom is 0.319 e. The van der Waals surface area contributed by atoms with Gasteiger partial charge >= 0.3 is 6.03 Å². The third-order valence-electron chi connectivity index (χ3n) is 2.35. The first kappa shape index (κ1) is 13.8. The van der Waals surface area contributed by atoms with E-state index < -0.39 is 5.41 Å². The van der Waals surface area contributed by atoms with Crippen molar-refractivity contribution in [2.24, 2.45) is 5.41 Å². The predicted molar refractivity (Wildman–Crippen MR) is 69.4 cm³/mol. The second kappa shape index (κ2) is 5.92. The lowest BCUT2D eigenvalue weighted by Gasteiger charge is -2.16. The number of benzene rings is 1. The summed E-state index contributed by atoms with van der Waals surface area (Å²) in [5, 5.41) is 14.2. The van der Waals surface area contributed by atoms with Crippen LogP contribution in [-0.2, 0) is 0 Å². The van der Waals surface area contributed by atoms with Crippen LogP contribution < -0.4 is 15.4 Å². The first-order valence-corrected chi connectivity index (χ1v) is 5.57. The summed E-state index contributed by atoms with van der Waals surface area (Å²) in [4.78, 5) is 11.7. The highest BCUT2D eigenvalue weighted by molar-refractivity contribution is 5.90. The molecule has 0 atom stereocenters. The highest BCUT2D eigenvalue weighted by atomic mass is 16.5. The van der Waals surface area contributed by atoms with Crippen molar-refractivity contribution in [1.82, 2.24) is 5.32 Å². The number of nitriles is 1. The van der Waals surface area contributed by atoms with Crippen molar-refractivity contribution in [3.63, 3.8) is 0 Å². The molecule has 1 rings (SSSR count). The molecule has 18 heavy (non-hydrogen) atoms. The lowest BCUT2D eigenvalue weighted by Crippen LogP contribution is -2.36. The minimum absolute atomic E-state index is 0.282. The van der Waals surface area contributed by atoms with Crippen LogP contribution in [0.3, 0.4) is 0 Å². The van der Waals surface area contributed by atoms with Crippen molar-refractivity contribution < 1.29 is 9.53 Å². The highest BCUT2D eigenvalue weighted by Crippen LogP contribution is 2.22. The van der Waals surface area contributed by atoms with Gasteiger partial charge in [0.2, 0.25) is 0 Å². The van der Waals surface area contributed by atoms with Crippen LogP contribution in [-0.4, -0.2) is 19.7 Å². The molecular formula is C13H17N3O2. The monoisotopic (exact) mass is 247 g/mol. The Morgan fingerprint density at radius 1 is 1.44 bits per heavy atom. The molecule has 5 nitrogen and oxygen atoms in total. The van der Waals surface area contributed by atoms with E-state index in [0.717, 1.165) is 0 Å². The van der Waals surface area contributed by atoms with E-state index in [2.05, 4.69) is 16.7 Å². The van der Waals surface area contributed by atoms with Crippen LogP contribution in [0.4, 0.5) is 10.5 Å². The van der Waals surface area contributed by atoms with Gasteiger partial charge in [-0.3, -0.25) is 0 Å². The molecule has 0 aliphatic carbocycles. The van der Waals surface area contributed by atoms with E-state index in [4.69, 9.17) is 10.00 Å². The van der Waals surface area contributed by atoms with Crippen LogP contribution in [0.15, 0.2) is 24.3 Å². The summed E-state index contributed by atoms with van der Waals surface area (Å²) < 4.78 is 5.12. The number of para-hydroxylation sites is 2. The molecular weight excluding hydrogens is 230 g/mol. The fourth-order valence-corrected chi connectivity index (χ4v) is 1.26. The molecule has 0 heterocycles. The quantitative estimate of drug-likeness (QED) is 0.857. The van der Waals surface area contributed by atoms with Gasteiger partial charge in [0.25, 0.3) is 0 Å². The molecule has 0 unspecified atom stereocenters. The fourth-order valence-electron chi connectivity index (χ4n) is 1.26. The number of amides is 2. The molecule has 2 amide bonds. The van der Waals surface area contributed by atoms with E-state index in [1.165, 1.54) is 7.11 Å². The molecule has 0 aliphatic rings. The van der Waals surface area contributed by atoms with Gasteiger partial charge in [-0.1, -0.05) is 12.1 Å². The molecule has 0 saturated carbocycles. The molecule has 2 N–H and O–H groups in total. The Hall–Kier alpha value is -2.22. The summed E-state index contributed by atoms with van der Waals surface area (Å²) in [6, 6.07) is 8.88. The minimum atomic E-state index is -0.585. The van der Waals surface area contributed by atoms with Crippen LogP contribution in [0.5, 0.6) is 5.75 Å². The van der Waals surface area contributed by atoms with Crippen LogP contribution in [0.25, 0.3) is 0 Å². The second-order valence-electron chi connectivity index (χ2n) is 4.50. The van der Waals surface area contributed by atoms with E-state index in [0.29, 0.717) is 11.4 Å². The number of rotatable bonds is 4. The third kappa shape index (κ3) is 3.98. The normalized spacial score (nSPS) is 10.3. The number of nitrogens with zero attached hydrogens (tertiary/aromatic N) is 1. The Morgan fingerprint density at radius 3 is 2.72 bits per heavy atom. The zero-order chi connectivity index (χ0) is 13.6. The zero-order valence-electron chi connectivity index (χ0n) is 10.8. The Balaban J connectivity index is 2.58. The number of urea groups is 1. The lowest BCUT2D eigenvalue weighted by molar-refractivity contribution is 0.249. The summed E-state index contributed by atoms with van der Waals surface area (Å²) in [6.45, 7) is 3.80. The fraction of sp³-hybridized carbons (Fsp3) is 0.385. The predicted octanol–water partition coefficient (Wildman–Crippen LogP) is 2.37. The Labute approximate surface area is 107 Å². The number of carbonyl (C=O) groups is 1. The largest absolute Gasteiger partial charge is 0.495 e. The van der Waals surface area contributed by atoms with Crippen molar-refractivity contribution in [3.05, 3.63) is 24.3 Å². The molecule has 0 fully saturated rings. The first-order chi connectivity index (χ1) is 8.48. The molecule has 0 aliphatic heterocycles. The van der Waals surface area contributed by atoms with Gasteiger partial charge in [-0.05, 0) is 26.0 Å². The van der Waals surface area contributed by atoms with Gasteiger partial charge in [0.05, 0.1) is 24.3 Å². The van der Waals surface area contributed by atoms with Gasteiger partial charge in [-0.2, -0.15) is 5.26 Å². The van der Waals surface area contributed by atoms with Gasteiger partial charge in [-0.15, -0.1) is 0 Å². The Bertz CT molecular complexity index is 464. The van der Waals surface area contributed by atoms with Crippen molar-refractivity contribution in [3.8, 4) is 11.8 Å². The number of anilines is 1. The van der Waals surface area contributed by atoms with Crippen LogP contribution >= 0.6 is 0 Å². The van der Waals surface area contributed by atoms with Crippen LogP contribution in [0.2, 0.25) is 0 Å². The molecule has 0 radical (unpaired) electrons. The van der Waals surface area contributed by atoms with Crippen molar-refractivity contribution in [1.29, 1.82) is 5.26 Å². The molecule has 1 aromatic rings. The second-order valence-corrected chi connectivity index (χ2v) is 4.50. The SMILES string of the molecule is COc1ccccc1NC(=O)NCC(C)(C)C#N. The number of hydrogen-bond donors (Lipinski definition) is 2. The van der Waals surface area contributed by atoms with Crippen molar-refractivity contribution >= 4 is 11.7 Å². The van der Waals surface area contributed by atoms with Crippen molar-refractivity contribution in [2.75, 3.05) is 19.0 Å². The van der Waals surface area contributed by atoms with Gasteiger partial charge in [0.15, 0.2) is 0 Å². The Morgan fingerprint density at radius 2 is 2.11 bits per heavy atom. The molecule has 0 saturated heterocycles. The summed E-state index contributed by atoms with van der Waals surface area (Å²) in [7, 11) is 1.54. The summed E-state index contributed by atoms with van der Waals surface area (Å²) in [5.74, 6) is 0.590. The maximum atomic E-state index is 11.7. The smallest absolute Gasteiger partial charge is 0.319 e. The summed E-state index contributed by atoms with van der Waals surface area (Å²) in [5.41, 5.74) is 0.00485. The topological polar surface area (TPSA) is 74.2 Å². The molecule has 1 aromatic carbocycles. The van der Waals surface area contributed by atoms with Crippen LogP contribution in [0.1, 0.15) is 13.8 Å². The molecule has 0 aromatic heterocycles. The van der Waals surface area contributed by atoms with Gasteiger partial charge in [0, 0.05) is 6.54 Å². The van der Waals surface area contributed by atoms with Gasteiger partial charge in [-0.25, -0.2) is 4.79 Å². The molecule has 96 valence electrons. The standard InChI is InChI=1S/C13H17N3O2/c1-13(2,8-14)9-15-12(17)16-10-6-4-5-7-11(10)18-3/h4-7H,9H2,1-3H3,(H2,15,16,17). The van der Waals surface area contributed by atoms with E-state index in [-0.39, 0.29) is 12.6 Å². The minimum Gasteiger partial charge on any atom is -0.495 e. The molecule has 5 heteroatoms. The van der Waals surface area contributed by atoms with E-state index in [9.17, 15) is 4.79 Å². The number of hydrogen-bond acceptors (Lipinski definition) is 3. The van der Waals surface area contributed by atoms with Crippen molar-refractivity contribution in [2.45, 2.75) is 13.8 Å². The van der Waals surface area contributed by atoms with Gasteiger partial charge < -0.3 is 15.4 Å². The lowest BCUT2D eigenvalue weighted by atomic mass is 9.96. The van der Waals surface area contributed by atoms with Gasteiger partial charge in [0.1, 0.15) is 5.75 Å². The Kier molecular flexibility index (Phi) is 4.55. The first-order valence-electron chi connectivity index (χ1n) is 5.57. The number of methoxy groups -OCH3 is 1. The third-order valence-corrected chi connectivity index (χ3v) is 2.35. The number of carbonyl (C=O) groups excluding carboxylic acids is 1.